The molecule has 0 radical (unpaired) electrons. The van der Waals surface area contributed by atoms with Crippen LogP contribution in [0.1, 0.15) is 27.2 Å². The summed E-state index contributed by atoms with van der Waals surface area (Å²) in [6.45, 7) is 6.15. The molecular weight excluding hydrogens is 168 g/mol. The van der Waals surface area contributed by atoms with Crippen molar-refractivity contribution in [3.63, 3.8) is 0 Å². The maximum atomic E-state index is 11.1. The summed E-state index contributed by atoms with van der Waals surface area (Å²) >= 11 is 0. The van der Waals surface area contributed by atoms with Gasteiger partial charge in [0.15, 0.2) is 0 Å². The molecule has 0 aliphatic rings. The van der Waals surface area contributed by atoms with Crippen LogP contribution in [-0.2, 0) is 9.53 Å². The van der Waals surface area contributed by atoms with E-state index in [0.29, 0.717) is 13.0 Å². The van der Waals surface area contributed by atoms with Gasteiger partial charge in [-0.1, -0.05) is 0 Å². The predicted molar refractivity (Wildman–Crippen MR) is 48.9 cm³/mol. The van der Waals surface area contributed by atoms with Gasteiger partial charge in [-0.15, -0.1) is 0 Å². The third-order valence-corrected chi connectivity index (χ3v) is 1.10. The zero-order valence-corrected chi connectivity index (χ0v) is 8.39. The summed E-state index contributed by atoms with van der Waals surface area (Å²) < 4.78 is 5.03. The quantitative estimate of drug-likeness (QED) is 0.519. The highest BCUT2D eigenvalue weighted by molar-refractivity contribution is 5.72. The minimum Gasteiger partial charge on any atom is -0.459 e. The molecule has 0 aromatic heterocycles. The lowest BCUT2D eigenvalue weighted by Crippen LogP contribution is -2.31. The fourth-order valence-electron chi connectivity index (χ4n) is 0.712. The van der Waals surface area contributed by atoms with Gasteiger partial charge in [0.05, 0.1) is 12.6 Å². The topological polar surface area (TPSA) is 62.1 Å². The number of nitriles is 1. The van der Waals surface area contributed by atoms with Crippen LogP contribution in [0.15, 0.2) is 0 Å². The standard InChI is InChI=1S/C9H16N2O2/c1-9(2,3)13-8(12)7-11-6-4-5-10/h11H,4,6-7H2,1-3H3. The molecule has 0 unspecified atom stereocenters. The Labute approximate surface area is 78.9 Å². The van der Waals surface area contributed by atoms with Crippen molar-refractivity contribution in [2.45, 2.75) is 32.8 Å². The Balaban J connectivity index is 3.48. The smallest absolute Gasteiger partial charge is 0.320 e. The number of hydrogen-bond donors (Lipinski definition) is 1. The molecule has 0 aromatic carbocycles. The number of esters is 1. The normalized spacial score (nSPS) is 10.6. The molecule has 4 heteroatoms. The van der Waals surface area contributed by atoms with Gasteiger partial charge in [0, 0.05) is 13.0 Å². The Hall–Kier alpha value is -1.08. The molecule has 0 rings (SSSR count). The molecule has 4 nitrogen and oxygen atoms in total. The van der Waals surface area contributed by atoms with Gasteiger partial charge in [0.1, 0.15) is 5.60 Å². The van der Waals surface area contributed by atoms with E-state index in [1.165, 1.54) is 0 Å². The van der Waals surface area contributed by atoms with Crippen molar-refractivity contribution in [1.82, 2.24) is 5.32 Å². The SMILES string of the molecule is CC(C)(C)OC(=O)CNCCC#N. The third-order valence-electron chi connectivity index (χ3n) is 1.10. The lowest BCUT2D eigenvalue weighted by molar-refractivity contribution is -0.153. The van der Waals surface area contributed by atoms with Crippen LogP contribution in [0, 0.1) is 11.3 Å². The number of carbonyl (C=O) groups is 1. The van der Waals surface area contributed by atoms with E-state index in [2.05, 4.69) is 5.32 Å². The van der Waals surface area contributed by atoms with E-state index in [-0.39, 0.29) is 12.5 Å². The first-order valence-corrected chi connectivity index (χ1v) is 4.25. The number of rotatable bonds is 4. The van der Waals surface area contributed by atoms with Crippen molar-refractivity contribution in [3.05, 3.63) is 0 Å². The van der Waals surface area contributed by atoms with Gasteiger partial charge in [0.25, 0.3) is 0 Å². The van der Waals surface area contributed by atoms with Gasteiger partial charge in [-0.05, 0) is 20.8 Å². The predicted octanol–water partition coefficient (Wildman–Crippen LogP) is 0.831. The molecule has 0 saturated carbocycles. The van der Waals surface area contributed by atoms with E-state index in [9.17, 15) is 4.79 Å². The number of carbonyl (C=O) groups excluding carboxylic acids is 1. The molecule has 0 saturated heterocycles. The number of nitrogens with zero attached hydrogens (tertiary/aromatic N) is 1. The molecule has 0 aliphatic carbocycles. The zero-order valence-electron chi connectivity index (χ0n) is 8.39. The Morgan fingerprint density at radius 2 is 2.15 bits per heavy atom. The second-order valence-corrected chi connectivity index (χ2v) is 3.67. The van der Waals surface area contributed by atoms with E-state index in [0.717, 1.165) is 0 Å². The van der Waals surface area contributed by atoms with Gasteiger partial charge in [-0.25, -0.2) is 0 Å². The Kier molecular flexibility index (Phi) is 5.09. The third kappa shape index (κ3) is 8.83. The second-order valence-electron chi connectivity index (χ2n) is 3.67. The van der Waals surface area contributed by atoms with Crippen LogP contribution in [0.25, 0.3) is 0 Å². The molecule has 0 bridgehead atoms. The van der Waals surface area contributed by atoms with Crippen LogP contribution in [0.4, 0.5) is 0 Å². The van der Waals surface area contributed by atoms with E-state index < -0.39 is 5.60 Å². The van der Waals surface area contributed by atoms with Gasteiger partial charge in [-0.3, -0.25) is 4.79 Å². The lowest BCUT2D eigenvalue weighted by Gasteiger charge is -2.19. The molecule has 0 amide bonds. The highest BCUT2D eigenvalue weighted by atomic mass is 16.6. The first kappa shape index (κ1) is 11.9. The van der Waals surface area contributed by atoms with Gasteiger partial charge >= 0.3 is 5.97 Å². The van der Waals surface area contributed by atoms with Crippen LogP contribution >= 0.6 is 0 Å². The van der Waals surface area contributed by atoms with Crippen LogP contribution in [0.3, 0.4) is 0 Å². The minimum absolute atomic E-state index is 0.166. The van der Waals surface area contributed by atoms with Crippen molar-refractivity contribution < 1.29 is 9.53 Å². The first-order valence-electron chi connectivity index (χ1n) is 4.25. The fourth-order valence-corrected chi connectivity index (χ4v) is 0.712. The lowest BCUT2D eigenvalue weighted by atomic mass is 10.2. The molecule has 0 heterocycles. The van der Waals surface area contributed by atoms with E-state index in [1.54, 1.807) is 0 Å². The van der Waals surface area contributed by atoms with Crippen LogP contribution in [0.2, 0.25) is 0 Å². The molecule has 0 aliphatic heterocycles. The molecule has 0 atom stereocenters. The number of nitrogens with one attached hydrogen (secondary N) is 1. The monoisotopic (exact) mass is 184 g/mol. The fraction of sp³-hybridized carbons (Fsp3) is 0.778. The van der Waals surface area contributed by atoms with Crippen LogP contribution in [-0.4, -0.2) is 24.7 Å². The maximum absolute atomic E-state index is 11.1. The van der Waals surface area contributed by atoms with Crippen molar-refractivity contribution in [2.24, 2.45) is 0 Å². The van der Waals surface area contributed by atoms with E-state index in [4.69, 9.17) is 10.00 Å². The summed E-state index contributed by atoms with van der Waals surface area (Å²) in [6.07, 6.45) is 0.406. The maximum Gasteiger partial charge on any atom is 0.320 e. The largest absolute Gasteiger partial charge is 0.459 e. The number of ether oxygens (including phenoxy) is 1. The second kappa shape index (κ2) is 5.55. The highest BCUT2D eigenvalue weighted by Crippen LogP contribution is 2.05. The summed E-state index contributed by atoms with van der Waals surface area (Å²) in [7, 11) is 0. The average Bonchev–Trinajstić information content (AvgIpc) is 1.94. The zero-order chi connectivity index (χ0) is 10.3. The minimum atomic E-state index is -0.437. The Morgan fingerprint density at radius 1 is 1.54 bits per heavy atom. The van der Waals surface area contributed by atoms with Crippen molar-refractivity contribution in [1.29, 1.82) is 5.26 Å². The molecule has 13 heavy (non-hydrogen) atoms. The summed E-state index contributed by atoms with van der Waals surface area (Å²) in [5.41, 5.74) is -0.437. The molecule has 0 aromatic rings. The molecule has 1 N–H and O–H groups in total. The van der Waals surface area contributed by atoms with Crippen molar-refractivity contribution >= 4 is 5.97 Å². The van der Waals surface area contributed by atoms with Gasteiger partial charge < -0.3 is 10.1 Å². The summed E-state index contributed by atoms with van der Waals surface area (Å²) in [5, 5.41) is 11.0. The van der Waals surface area contributed by atoms with Crippen LogP contribution < -0.4 is 5.32 Å². The Bertz CT molecular complexity index is 201. The molecular formula is C9H16N2O2. The molecule has 74 valence electrons. The van der Waals surface area contributed by atoms with Crippen molar-refractivity contribution in [3.8, 4) is 6.07 Å². The van der Waals surface area contributed by atoms with Crippen molar-refractivity contribution in [2.75, 3.05) is 13.1 Å². The van der Waals surface area contributed by atoms with E-state index >= 15 is 0 Å². The highest BCUT2D eigenvalue weighted by Gasteiger charge is 2.15. The summed E-state index contributed by atoms with van der Waals surface area (Å²) in [4.78, 5) is 11.1. The average molecular weight is 184 g/mol. The Morgan fingerprint density at radius 3 is 2.62 bits per heavy atom. The van der Waals surface area contributed by atoms with Gasteiger partial charge in [0.2, 0.25) is 0 Å². The van der Waals surface area contributed by atoms with E-state index in [1.807, 2.05) is 26.8 Å². The summed E-state index contributed by atoms with van der Waals surface area (Å²) in [5.74, 6) is -0.287. The molecule has 0 spiro atoms. The molecule has 0 fully saturated rings. The number of hydrogen-bond acceptors (Lipinski definition) is 4. The van der Waals surface area contributed by atoms with Crippen LogP contribution in [0.5, 0.6) is 0 Å². The first-order chi connectivity index (χ1) is 5.95. The van der Waals surface area contributed by atoms with Gasteiger partial charge in [-0.2, -0.15) is 5.26 Å². The summed E-state index contributed by atoms with van der Waals surface area (Å²) in [6, 6.07) is 1.98.